The van der Waals surface area contributed by atoms with Gasteiger partial charge in [0.25, 0.3) is 0 Å². The topological polar surface area (TPSA) is 17.1 Å². The molecule has 0 atom stereocenters. The van der Waals surface area contributed by atoms with Crippen molar-refractivity contribution in [2.24, 2.45) is 0 Å². The Morgan fingerprint density at radius 1 is 1.54 bits per heavy atom. The van der Waals surface area contributed by atoms with Crippen LogP contribution >= 0.6 is 23.4 Å². The molecule has 0 aromatic heterocycles. The molecule has 0 N–H and O–H groups in total. The molecule has 68 valence electrons. The first kappa shape index (κ1) is 9.10. The molecule has 1 aliphatic rings. The molecule has 0 spiro atoms. The molecule has 0 amide bonds. The van der Waals surface area contributed by atoms with Crippen LogP contribution in [0.25, 0.3) is 0 Å². The Balaban J connectivity index is 2.62. The number of carbonyl (C=O) groups is 1. The maximum Gasteiger partial charge on any atom is 0.160 e. The minimum atomic E-state index is 0.127. The van der Waals surface area contributed by atoms with Gasteiger partial charge in [0, 0.05) is 21.2 Å². The molecule has 1 aromatic carbocycles. The van der Waals surface area contributed by atoms with Gasteiger partial charge in [-0.2, -0.15) is 0 Å². The zero-order valence-corrected chi connectivity index (χ0v) is 8.84. The summed E-state index contributed by atoms with van der Waals surface area (Å²) in [6.45, 7) is 1.60. The lowest BCUT2D eigenvalue weighted by molar-refractivity contribution is 0.101. The Morgan fingerprint density at radius 2 is 2.31 bits per heavy atom. The monoisotopic (exact) mass is 212 g/mol. The molecule has 0 unspecified atom stereocenters. The van der Waals surface area contributed by atoms with Crippen LogP contribution in [0, 0.1) is 0 Å². The van der Waals surface area contributed by atoms with E-state index in [1.807, 2.05) is 12.1 Å². The first-order chi connectivity index (χ1) is 6.20. The predicted octanol–water partition coefficient (Wildman–Crippen LogP) is 3.19. The van der Waals surface area contributed by atoms with E-state index in [0.717, 1.165) is 33.2 Å². The minimum absolute atomic E-state index is 0.127. The van der Waals surface area contributed by atoms with Crippen molar-refractivity contribution < 1.29 is 4.79 Å². The Kier molecular flexibility index (Phi) is 2.35. The number of halogens is 1. The Hall–Kier alpha value is -0.470. The van der Waals surface area contributed by atoms with E-state index < -0.39 is 0 Å². The highest BCUT2D eigenvalue weighted by Gasteiger charge is 2.19. The van der Waals surface area contributed by atoms with Crippen molar-refractivity contribution in [2.75, 3.05) is 5.75 Å². The average molecular weight is 213 g/mol. The zero-order valence-electron chi connectivity index (χ0n) is 7.26. The van der Waals surface area contributed by atoms with Crippen molar-refractivity contribution in [1.82, 2.24) is 0 Å². The van der Waals surface area contributed by atoms with Crippen LogP contribution in [-0.2, 0) is 6.42 Å². The van der Waals surface area contributed by atoms with Crippen molar-refractivity contribution in [3.63, 3.8) is 0 Å². The number of benzene rings is 1. The smallest absolute Gasteiger partial charge is 0.160 e. The number of ketones is 1. The first-order valence-electron chi connectivity index (χ1n) is 4.15. The van der Waals surface area contributed by atoms with Gasteiger partial charge in [-0.15, -0.1) is 11.8 Å². The highest BCUT2D eigenvalue weighted by molar-refractivity contribution is 7.99. The van der Waals surface area contributed by atoms with E-state index in [2.05, 4.69) is 0 Å². The van der Waals surface area contributed by atoms with Crippen molar-refractivity contribution >= 4 is 29.1 Å². The molecular weight excluding hydrogens is 204 g/mol. The maximum atomic E-state index is 11.3. The zero-order chi connectivity index (χ0) is 9.42. The normalized spacial score (nSPS) is 14.3. The summed E-state index contributed by atoms with van der Waals surface area (Å²) < 4.78 is 0. The quantitative estimate of drug-likeness (QED) is 0.666. The summed E-state index contributed by atoms with van der Waals surface area (Å²) in [5.41, 5.74) is 1.97. The van der Waals surface area contributed by atoms with Crippen LogP contribution in [-0.4, -0.2) is 11.5 Å². The second kappa shape index (κ2) is 3.35. The molecule has 1 nitrogen and oxygen atoms in total. The van der Waals surface area contributed by atoms with Crippen LogP contribution in [0.3, 0.4) is 0 Å². The SMILES string of the molecule is CC(=O)c1ccc(Cl)c2c1SCC2. The number of Topliss-reactive ketones (excluding diaryl/α,β-unsaturated/α-hetero) is 1. The molecule has 0 saturated carbocycles. The number of hydrogen-bond acceptors (Lipinski definition) is 2. The van der Waals surface area contributed by atoms with Crippen LogP contribution in [0.5, 0.6) is 0 Å². The van der Waals surface area contributed by atoms with E-state index >= 15 is 0 Å². The van der Waals surface area contributed by atoms with E-state index in [1.54, 1.807) is 18.7 Å². The standard InChI is InChI=1S/C10H9ClOS/c1-6(12)7-2-3-9(11)8-4-5-13-10(7)8/h2-3H,4-5H2,1H3. The van der Waals surface area contributed by atoms with E-state index in [1.165, 1.54) is 0 Å². The van der Waals surface area contributed by atoms with Crippen LogP contribution in [0.1, 0.15) is 22.8 Å². The van der Waals surface area contributed by atoms with Gasteiger partial charge in [0.15, 0.2) is 5.78 Å². The van der Waals surface area contributed by atoms with Gasteiger partial charge < -0.3 is 0 Å². The Labute approximate surface area is 86.5 Å². The molecule has 1 aliphatic heterocycles. The lowest BCUT2D eigenvalue weighted by Gasteiger charge is -2.05. The van der Waals surface area contributed by atoms with Crippen molar-refractivity contribution in [3.05, 3.63) is 28.3 Å². The summed E-state index contributed by atoms with van der Waals surface area (Å²) in [5.74, 6) is 1.17. The predicted molar refractivity (Wildman–Crippen MR) is 55.9 cm³/mol. The third-order valence-electron chi connectivity index (χ3n) is 2.18. The minimum Gasteiger partial charge on any atom is -0.294 e. The van der Waals surface area contributed by atoms with E-state index in [0.29, 0.717) is 0 Å². The fourth-order valence-electron chi connectivity index (χ4n) is 1.53. The summed E-state index contributed by atoms with van der Waals surface area (Å²) >= 11 is 7.75. The van der Waals surface area contributed by atoms with Gasteiger partial charge in [-0.3, -0.25) is 4.79 Å². The molecule has 1 aromatic rings. The van der Waals surface area contributed by atoms with Crippen LogP contribution < -0.4 is 0 Å². The Morgan fingerprint density at radius 3 is 3.00 bits per heavy atom. The van der Waals surface area contributed by atoms with E-state index in [9.17, 15) is 4.79 Å². The highest BCUT2D eigenvalue weighted by Crippen LogP contribution is 2.38. The third-order valence-corrected chi connectivity index (χ3v) is 3.70. The van der Waals surface area contributed by atoms with Crippen LogP contribution in [0.15, 0.2) is 17.0 Å². The fourth-order valence-corrected chi connectivity index (χ4v) is 3.11. The van der Waals surface area contributed by atoms with Crippen molar-refractivity contribution in [1.29, 1.82) is 0 Å². The lowest BCUT2D eigenvalue weighted by atomic mass is 10.1. The van der Waals surface area contributed by atoms with Gasteiger partial charge in [0.05, 0.1) is 0 Å². The number of rotatable bonds is 1. The molecular formula is C10H9ClOS. The molecule has 0 aliphatic carbocycles. The molecule has 0 radical (unpaired) electrons. The Bertz CT molecular complexity index is 373. The summed E-state index contributed by atoms with van der Waals surface area (Å²) in [4.78, 5) is 12.4. The first-order valence-corrected chi connectivity index (χ1v) is 5.51. The van der Waals surface area contributed by atoms with Gasteiger partial charge in [0.1, 0.15) is 0 Å². The number of hydrogen-bond donors (Lipinski definition) is 0. The second-order valence-corrected chi connectivity index (χ2v) is 4.57. The lowest BCUT2D eigenvalue weighted by Crippen LogP contribution is -1.96. The van der Waals surface area contributed by atoms with E-state index in [-0.39, 0.29) is 5.78 Å². The number of thioether (sulfide) groups is 1. The highest BCUT2D eigenvalue weighted by atomic mass is 35.5. The van der Waals surface area contributed by atoms with Gasteiger partial charge in [0.2, 0.25) is 0 Å². The summed E-state index contributed by atoms with van der Waals surface area (Å²) in [6.07, 6.45) is 0.986. The van der Waals surface area contributed by atoms with Crippen molar-refractivity contribution in [3.8, 4) is 0 Å². The molecule has 1 heterocycles. The summed E-state index contributed by atoms with van der Waals surface area (Å²) in [6, 6.07) is 3.64. The number of carbonyl (C=O) groups excluding carboxylic acids is 1. The van der Waals surface area contributed by atoms with Gasteiger partial charge in [-0.25, -0.2) is 0 Å². The van der Waals surface area contributed by atoms with E-state index in [4.69, 9.17) is 11.6 Å². The summed E-state index contributed by atoms with van der Waals surface area (Å²) in [7, 11) is 0. The van der Waals surface area contributed by atoms with Gasteiger partial charge in [-0.05, 0) is 31.0 Å². The molecule has 13 heavy (non-hydrogen) atoms. The number of fused-ring (bicyclic) bond motifs is 1. The molecule has 0 bridgehead atoms. The average Bonchev–Trinajstić information content (AvgIpc) is 2.53. The second-order valence-electron chi connectivity index (χ2n) is 3.06. The van der Waals surface area contributed by atoms with Crippen LogP contribution in [0.4, 0.5) is 0 Å². The fraction of sp³-hybridized carbons (Fsp3) is 0.300. The van der Waals surface area contributed by atoms with Gasteiger partial charge in [-0.1, -0.05) is 11.6 Å². The molecule has 3 heteroatoms. The van der Waals surface area contributed by atoms with Gasteiger partial charge >= 0.3 is 0 Å². The molecule has 0 fully saturated rings. The molecule has 2 rings (SSSR count). The third kappa shape index (κ3) is 1.49. The summed E-state index contributed by atoms with van der Waals surface area (Å²) in [5, 5.41) is 0.796. The van der Waals surface area contributed by atoms with Crippen molar-refractivity contribution in [2.45, 2.75) is 18.2 Å². The van der Waals surface area contributed by atoms with Crippen LogP contribution in [0.2, 0.25) is 5.02 Å². The maximum absolute atomic E-state index is 11.3. The largest absolute Gasteiger partial charge is 0.294 e. The molecule has 0 saturated heterocycles.